The van der Waals surface area contributed by atoms with Crippen LogP contribution in [-0.4, -0.2) is 22.8 Å². The Kier molecular flexibility index (Phi) is 3.75. The average molecular weight is 259 g/mol. The molecule has 0 aliphatic carbocycles. The number of nitrogens with zero attached hydrogens (tertiary/aromatic N) is 2. The highest BCUT2D eigenvalue weighted by molar-refractivity contribution is 5.92. The van der Waals surface area contributed by atoms with Crippen molar-refractivity contribution in [2.24, 2.45) is 0 Å². The van der Waals surface area contributed by atoms with Crippen molar-refractivity contribution in [3.05, 3.63) is 59.7 Å². The van der Waals surface area contributed by atoms with Crippen LogP contribution in [0.15, 0.2) is 42.6 Å². The van der Waals surface area contributed by atoms with E-state index in [1.165, 1.54) is 17.2 Å². The number of rotatable bonds is 3. The molecule has 4 nitrogen and oxygen atoms in total. The quantitative estimate of drug-likeness (QED) is 0.918. The number of aromatic nitrogens is 1. The summed E-state index contributed by atoms with van der Waals surface area (Å²) in [4.78, 5) is 17.4. The van der Waals surface area contributed by atoms with Crippen LogP contribution >= 0.6 is 0 Å². The summed E-state index contributed by atoms with van der Waals surface area (Å²) in [5, 5.41) is 0. The molecule has 0 unspecified atom stereocenters. The molecule has 2 N–H and O–H groups in total. The predicted molar refractivity (Wildman–Crippen MR) is 70.8 cm³/mol. The molecule has 0 radical (unpaired) electrons. The summed E-state index contributed by atoms with van der Waals surface area (Å²) in [5.74, 6) is -0.601. The number of nitrogen functional groups attached to an aromatic ring is 1. The van der Waals surface area contributed by atoms with Gasteiger partial charge in [-0.3, -0.25) is 4.79 Å². The van der Waals surface area contributed by atoms with E-state index in [0.29, 0.717) is 11.3 Å². The normalized spacial score (nSPS) is 10.2. The number of anilines is 1. The number of nitrogens with two attached hydrogens (primary N) is 1. The van der Waals surface area contributed by atoms with Crippen LogP contribution < -0.4 is 5.73 Å². The van der Waals surface area contributed by atoms with Gasteiger partial charge in [-0.1, -0.05) is 18.2 Å². The molecule has 1 heterocycles. The molecule has 0 atom stereocenters. The number of halogens is 1. The van der Waals surface area contributed by atoms with E-state index in [1.807, 2.05) is 0 Å². The summed E-state index contributed by atoms with van der Waals surface area (Å²) in [7, 11) is 1.60. The summed E-state index contributed by atoms with van der Waals surface area (Å²) < 4.78 is 13.5. The van der Waals surface area contributed by atoms with Crippen molar-refractivity contribution in [1.29, 1.82) is 0 Å². The van der Waals surface area contributed by atoms with Crippen molar-refractivity contribution in [2.45, 2.75) is 6.54 Å². The van der Waals surface area contributed by atoms with E-state index in [1.54, 1.807) is 37.4 Å². The summed E-state index contributed by atoms with van der Waals surface area (Å²) >= 11 is 0. The zero-order valence-corrected chi connectivity index (χ0v) is 10.5. The van der Waals surface area contributed by atoms with E-state index in [2.05, 4.69) is 4.98 Å². The topological polar surface area (TPSA) is 59.2 Å². The minimum atomic E-state index is -0.326. The van der Waals surface area contributed by atoms with Gasteiger partial charge >= 0.3 is 0 Å². The Morgan fingerprint density at radius 3 is 2.68 bits per heavy atom. The van der Waals surface area contributed by atoms with Crippen molar-refractivity contribution in [3.63, 3.8) is 0 Å². The highest BCUT2D eigenvalue weighted by atomic mass is 19.1. The van der Waals surface area contributed by atoms with Gasteiger partial charge in [-0.25, -0.2) is 9.37 Å². The lowest BCUT2D eigenvalue weighted by Crippen LogP contribution is -2.27. The van der Waals surface area contributed by atoms with E-state index in [0.717, 1.165) is 0 Å². The molecule has 1 aromatic carbocycles. The first-order chi connectivity index (χ1) is 9.08. The molecule has 0 saturated heterocycles. The fraction of sp³-hybridized carbons (Fsp3) is 0.143. The van der Waals surface area contributed by atoms with Crippen LogP contribution in [0, 0.1) is 5.82 Å². The zero-order valence-electron chi connectivity index (χ0n) is 10.5. The summed E-state index contributed by atoms with van der Waals surface area (Å²) in [6.07, 6.45) is 1.42. The Morgan fingerprint density at radius 1 is 1.32 bits per heavy atom. The van der Waals surface area contributed by atoms with Crippen LogP contribution in [0.5, 0.6) is 0 Å². The maximum absolute atomic E-state index is 13.5. The zero-order chi connectivity index (χ0) is 13.8. The van der Waals surface area contributed by atoms with Crippen molar-refractivity contribution in [3.8, 4) is 0 Å². The number of hydrogen-bond donors (Lipinski definition) is 1. The van der Waals surface area contributed by atoms with E-state index < -0.39 is 0 Å². The molecular formula is C14H14FN3O. The maximum atomic E-state index is 13.5. The van der Waals surface area contributed by atoms with Gasteiger partial charge in [0.05, 0.1) is 11.9 Å². The number of benzene rings is 1. The second-order valence-corrected chi connectivity index (χ2v) is 4.23. The molecule has 2 rings (SSSR count). The number of hydrogen-bond acceptors (Lipinski definition) is 3. The molecule has 0 aliphatic heterocycles. The third kappa shape index (κ3) is 3.07. The van der Waals surface area contributed by atoms with Crippen molar-refractivity contribution < 1.29 is 9.18 Å². The molecule has 0 bridgehead atoms. The number of carbonyl (C=O) groups excluding carboxylic acids is 1. The fourth-order valence-corrected chi connectivity index (χ4v) is 1.68. The third-order valence-corrected chi connectivity index (χ3v) is 2.72. The van der Waals surface area contributed by atoms with Crippen LogP contribution in [0.1, 0.15) is 16.1 Å². The van der Waals surface area contributed by atoms with Crippen LogP contribution in [0.4, 0.5) is 10.1 Å². The molecule has 0 spiro atoms. The lowest BCUT2D eigenvalue weighted by atomic mass is 10.2. The number of amides is 1. The standard InChI is InChI=1S/C14H14FN3O/c1-18(9-10-4-2-3-5-12(10)15)14(19)13-7-6-11(16)8-17-13/h2-8H,9,16H2,1H3. The minimum absolute atomic E-state index is 0.192. The Labute approximate surface area is 110 Å². The van der Waals surface area contributed by atoms with Gasteiger partial charge in [0.2, 0.25) is 0 Å². The van der Waals surface area contributed by atoms with Gasteiger partial charge in [0, 0.05) is 19.2 Å². The van der Waals surface area contributed by atoms with Crippen molar-refractivity contribution in [2.75, 3.05) is 12.8 Å². The molecule has 98 valence electrons. The molecule has 2 aromatic rings. The number of pyridine rings is 1. The van der Waals surface area contributed by atoms with E-state index in [9.17, 15) is 9.18 Å². The van der Waals surface area contributed by atoms with Gasteiger partial charge in [0.15, 0.2) is 0 Å². The largest absolute Gasteiger partial charge is 0.397 e. The van der Waals surface area contributed by atoms with Crippen molar-refractivity contribution >= 4 is 11.6 Å². The second-order valence-electron chi connectivity index (χ2n) is 4.23. The Hall–Kier alpha value is -2.43. The molecule has 1 amide bonds. The number of carbonyl (C=O) groups is 1. The molecule has 0 aliphatic rings. The lowest BCUT2D eigenvalue weighted by molar-refractivity contribution is 0.0778. The van der Waals surface area contributed by atoms with Crippen LogP contribution in [0.25, 0.3) is 0 Å². The summed E-state index contributed by atoms with van der Waals surface area (Å²) in [6.45, 7) is 0.192. The van der Waals surface area contributed by atoms with Crippen LogP contribution in [0.3, 0.4) is 0 Å². The Balaban J connectivity index is 2.12. The maximum Gasteiger partial charge on any atom is 0.272 e. The molecular weight excluding hydrogens is 245 g/mol. The third-order valence-electron chi connectivity index (χ3n) is 2.72. The Morgan fingerprint density at radius 2 is 2.05 bits per heavy atom. The first kappa shape index (κ1) is 13.0. The van der Waals surface area contributed by atoms with E-state index >= 15 is 0 Å². The van der Waals surface area contributed by atoms with Crippen LogP contribution in [0.2, 0.25) is 0 Å². The first-order valence-electron chi connectivity index (χ1n) is 5.78. The second kappa shape index (κ2) is 5.48. The van der Waals surface area contributed by atoms with E-state index in [4.69, 9.17) is 5.73 Å². The SMILES string of the molecule is CN(Cc1ccccc1F)C(=O)c1ccc(N)cn1. The highest BCUT2D eigenvalue weighted by Crippen LogP contribution is 2.11. The summed E-state index contributed by atoms with van der Waals surface area (Å²) in [6, 6.07) is 9.53. The lowest BCUT2D eigenvalue weighted by Gasteiger charge is -2.17. The summed E-state index contributed by atoms with van der Waals surface area (Å²) in [5.41, 5.74) is 6.75. The Bertz CT molecular complexity index is 583. The molecule has 5 heteroatoms. The van der Waals surface area contributed by atoms with Gasteiger partial charge < -0.3 is 10.6 Å². The fourth-order valence-electron chi connectivity index (χ4n) is 1.68. The minimum Gasteiger partial charge on any atom is -0.397 e. The average Bonchev–Trinajstić information content (AvgIpc) is 2.41. The first-order valence-corrected chi connectivity index (χ1v) is 5.78. The van der Waals surface area contributed by atoms with Gasteiger partial charge in [0.1, 0.15) is 11.5 Å². The van der Waals surface area contributed by atoms with Gasteiger partial charge in [-0.2, -0.15) is 0 Å². The van der Waals surface area contributed by atoms with Gasteiger partial charge in [0.25, 0.3) is 5.91 Å². The monoisotopic (exact) mass is 259 g/mol. The van der Waals surface area contributed by atoms with E-state index in [-0.39, 0.29) is 24.0 Å². The van der Waals surface area contributed by atoms with Gasteiger partial charge in [-0.05, 0) is 18.2 Å². The van der Waals surface area contributed by atoms with Gasteiger partial charge in [-0.15, -0.1) is 0 Å². The molecule has 1 aromatic heterocycles. The van der Waals surface area contributed by atoms with Crippen molar-refractivity contribution in [1.82, 2.24) is 9.88 Å². The molecule has 0 saturated carbocycles. The smallest absolute Gasteiger partial charge is 0.272 e. The highest BCUT2D eigenvalue weighted by Gasteiger charge is 2.14. The van der Waals surface area contributed by atoms with Crippen LogP contribution in [-0.2, 0) is 6.54 Å². The molecule has 0 fully saturated rings. The predicted octanol–water partition coefficient (Wildman–Crippen LogP) is 2.08. The molecule has 19 heavy (non-hydrogen) atoms.